The predicted molar refractivity (Wildman–Crippen MR) is 139 cm³/mol. The van der Waals surface area contributed by atoms with Crippen LogP contribution >= 0.6 is 23.8 Å². The molecule has 8 heteroatoms. The van der Waals surface area contributed by atoms with Gasteiger partial charge in [-0.05, 0) is 86.7 Å². The fraction of sp³-hybridized carbons (Fsp3) is 0.192. The molecule has 34 heavy (non-hydrogen) atoms. The molecule has 3 aromatic heterocycles. The Balaban J connectivity index is 1.60. The largest absolute Gasteiger partial charge is 0.491 e. The second kappa shape index (κ2) is 9.44. The first-order chi connectivity index (χ1) is 16.5. The second-order valence-corrected chi connectivity index (χ2v) is 9.12. The van der Waals surface area contributed by atoms with E-state index in [1.54, 1.807) is 12.4 Å². The third-order valence-electron chi connectivity index (χ3n) is 5.63. The summed E-state index contributed by atoms with van der Waals surface area (Å²) in [4.78, 5) is 11.3. The number of nitrogens with zero attached hydrogens (tertiary/aromatic N) is 4. The molecule has 1 aliphatic heterocycles. The Morgan fingerprint density at radius 2 is 1.82 bits per heavy atom. The van der Waals surface area contributed by atoms with Crippen LogP contribution in [-0.2, 0) is 0 Å². The molecule has 1 fully saturated rings. The van der Waals surface area contributed by atoms with Crippen molar-refractivity contribution < 1.29 is 4.74 Å². The average Bonchev–Trinajstić information content (AvgIpc) is 3.45. The summed E-state index contributed by atoms with van der Waals surface area (Å²) in [5.41, 5.74) is 2.91. The van der Waals surface area contributed by atoms with E-state index >= 15 is 0 Å². The normalized spacial score (nSPS) is 17.8. The highest BCUT2D eigenvalue weighted by Crippen LogP contribution is 2.42. The number of thiocarbonyl (C=S) groups is 1. The second-order valence-electron chi connectivity index (χ2n) is 8.29. The highest BCUT2D eigenvalue weighted by atomic mass is 35.5. The Morgan fingerprint density at radius 1 is 1.00 bits per heavy atom. The van der Waals surface area contributed by atoms with E-state index in [4.69, 9.17) is 28.6 Å². The SMILES string of the molecule is CC(C)Oc1ccc(N2C(=S)N[C@@H](c3ccccn3)[C@H]2c2cccn2-c2ccc(Cl)cn2)cc1. The number of aromatic nitrogens is 3. The molecule has 0 amide bonds. The number of rotatable bonds is 6. The van der Waals surface area contributed by atoms with Gasteiger partial charge in [0.1, 0.15) is 17.6 Å². The van der Waals surface area contributed by atoms with Crippen molar-refractivity contribution in [3.05, 3.63) is 102 Å². The summed E-state index contributed by atoms with van der Waals surface area (Å²) in [6.07, 6.45) is 5.56. The van der Waals surface area contributed by atoms with Crippen LogP contribution in [0.4, 0.5) is 5.69 Å². The average molecular weight is 490 g/mol. The number of nitrogens with one attached hydrogen (secondary N) is 1. The Kier molecular flexibility index (Phi) is 6.22. The van der Waals surface area contributed by atoms with Crippen molar-refractivity contribution in [1.82, 2.24) is 19.9 Å². The van der Waals surface area contributed by atoms with Crippen molar-refractivity contribution in [1.29, 1.82) is 0 Å². The molecule has 1 saturated heterocycles. The summed E-state index contributed by atoms with van der Waals surface area (Å²) in [6, 6.07) is 21.5. The Labute approximate surface area is 209 Å². The lowest BCUT2D eigenvalue weighted by Gasteiger charge is -2.29. The summed E-state index contributed by atoms with van der Waals surface area (Å²) in [5.74, 6) is 1.60. The molecule has 1 aromatic carbocycles. The first-order valence-corrected chi connectivity index (χ1v) is 11.9. The Hall–Kier alpha value is -3.42. The third-order valence-corrected chi connectivity index (χ3v) is 6.16. The Morgan fingerprint density at radius 3 is 2.50 bits per heavy atom. The smallest absolute Gasteiger partial charge is 0.174 e. The van der Waals surface area contributed by atoms with Gasteiger partial charge in [0.15, 0.2) is 5.11 Å². The molecule has 0 radical (unpaired) electrons. The Bertz CT molecular complexity index is 1270. The lowest BCUT2D eigenvalue weighted by atomic mass is 10.0. The van der Waals surface area contributed by atoms with Crippen LogP contribution in [0.3, 0.4) is 0 Å². The zero-order chi connectivity index (χ0) is 23.7. The fourth-order valence-electron chi connectivity index (χ4n) is 4.25. The van der Waals surface area contributed by atoms with E-state index in [0.29, 0.717) is 10.1 Å². The van der Waals surface area contributed by atoms with Crippen LogP contribution < -0.4 is 15.0 Å². The van der Waals surface area contributed by atoms with E-state index in [-0.39, 0.29) is 18.2 Å². The first kappa shape index (κ1) is 22.4. The molecule has 1 aliphatic rings. The monoisotopic (exact) mass is 489 g/mol. The molecule has 0 spiro atoms. The zero-order valence-electron chi connectivity index (χ0n) is 18.8. The van der Waals surface area contributed by atoms with Gasteiger partial charge in [-0.15, -0.1) is 0 Å². The number of anilines is 1. The summed E-state index contributed by atoms with van der Waals surface area (Å²) in [5, 5.41) is 4.73. The van der Waals surface area contributed by atoms with E-state index in [0.717, 1.165) is 28.6 Å². The molecule has 4 aromatic rings. The van der Waals surface area contributed by atoms with Gasteiger partial charge < -0.3 is 19.5 Å². The van der Waals surface area contributed by atoms with Crippen molar-refractivity contribution in [2.24, 2.45) is 0 Å². The number of hydrogen-bond donors (Lipinski definition) is 1. The van der Waals surface area contributed by atoms with Gasteiger partial charge in [0.25, 0.3) is 0 Å². The molecule has 2 atom stereocenters. The minimum absolute atomic E-state index is 0.108. The van der Waals surface area contributed by atoms with Crippen LogP contribution in [0.2, 0.25) is 5.02 Å². The summed E-state index contributed by atoms with van der Waals surface area (Å²) in [7, 11) is 0. The molecule has 0 bridgehead atoms. The van der Waals surface area contributed by atoms with Crippen LogP contribution in [-0.4, -0.2) is 25.8 Å². The van der Waals surface area contributed by atoms with Crippen molar-refractivity contribution in [2.75, 3.05) is 4.90 Å². The lowest BCUT2D eigenvalue weighted by molar-refractivity contribution is 0.242. The lowest BCUT2D eigenvalue weighted by Crippen LogP contribution is -2.30. The predicted octanol–water partition coefficient (Wildman–Crippen LogP) is 5.89. The van der Waals surface area contributed by atoms with Gasteiger partial charge in [-0.2, -0.15) is 0 Å². The van der Waals surface area contributed by atoms with Crippen LogP contribution in [0.5, 0.6) is 5.75 Å². The van der Waals surface area contributed by atoms with E-state index in [1.165, 1.54) is 0 Å². The highest BCUT2D eigenvalue weighted by molar-refractivity contribution is 7.80. The number of halogens is 1. The molecule has 0 unspecified atom stereocenters. The molecule has 4 heterocycles. The molecule has 6 nitrogen and oxygen atoms in total. The van der Waals surface area contributed by atoms with E-state index in [2.05, 4.69) is 30.8 Å². The maximum Gasteiger partial charge on any atom is 0.174 e. The molecule has 0 saturated carbocycles. The minimum atomic E-state index is -0.160. The standard InChI is InChI=1S/C26H24ClN5OS/c1-17(2)33-20-11-9-19(10-12-20)32-25(24(30-26(32)34)21-6-3-4-14-28-21)22-7-5-15-31(22)23-13-8-18(27)16-29-23/h3-17,24-25H,1-2H3,(H,30,34)/t24-,25+/m0/s1. The van der Waals surface area contributed by atoms with Gasteiger partial charge in [-0.25, -0.2) is 4.98 Å². The van der Waals surface area contributed by atoms with Gasteiger partial charge in [-0.3, -0.25) is 4.98 Å². The van der Waals surface area contributed by atoms with Crippen molar-refractivity contribution in [2.45, 2.75) is 32.0 Å². The van der Waals surface area contributed by atoms with E-state index < -0.39 is 0 Å². The summed E-state index contributed by atoms with van der Waals surface area (Å²) < 4.78 is 7.90. The van der Waals surface area contributed by atoms with Gasteiger partial charge >= 0.3 is 0 Å². The molecule has 1 N–H and O–H groups in total. The van der Waals surface area contributed by atoms with Crippen LogP contribution in [0, 0.1) is 0 Å². The topological polar surface area (TPSA) is 55.2 Å². The number of benzene rings is 1. The van der Waals surface area contributed by atoms with Crippen molar-refractivity contribution >= 4 is 34.6 Å². The van der Waals surface area contributed by atoms with Crippen molar-refractivity contribution in [3.63, 3.8) is 0 Å². The van der Waals surface area contributed by atoms with Crippen molar-refractivity contribution in [3.8, 4) is 11.6 Å². The van der Waals surface area contributed by atoms with E-state index in [1.807, 2.05) is 80.7 Å². The minimum Gasteiger partial charge on any atom is -0.491 e. The maximum absolute atomic E-state index is 6.08. The maximum atomic E-state index is 6.08. The number of hydrogen-bond acceptors (Lipinski definition) is 4. The number of ether oxygens (including phenoxy) is 1. The highest BCUT2D eigenvalue weighted by Gasteiger charge is 2.42. The van der Waals surface area contributed by atoms with Crippen LogP contribution in [0.25, 0.3) is 5.82 Å². The molecule has 172 valence electrons. The first-order valence-electron chi connectivity index (χ1n) is 11.1. The summed E-state index contributed by atoms with van der Waals surface area (Å²) in [6.45, 7) is 4.03. The van der Waals surface area contributed by atoms with Crippen LogP contribution in [0.15, 0.2) is 85.3 Å². The van der Waals surface area contributed by atoms with Gasteiger partial charge in [0, 0.05) is 30.0 Å². The zero-order valence-corrected chi connectivity index (χ0v) is 20.4. The van der Waals surface area contributed by atoms with Crippen LogP contribution in [0.1, 0.15) is 37.3 Å². The fourth-order valence-corrected chi connectivity index (χ4v) is 4.70. The molecule has 5 rings (SSSR count). The van der Waals surface area contributed by atoms with E-state index in [9.17, 15) is 0 Å². The number of pyridine rings is 2. The van der Waals surface area contributed by atoms with Gasteiger partial charge in [0.05, 0.1) is 22.9 Å². The third kappa shape index (κ3) is 4.36. The quantitative estimate of drug-likeness (QED) is 0.341. The molecular weight excluding hydrogens is 466 g/mol. The molecule has 0 aliphatic carbocycles. The summed E-state index contributed by atoms with van der Waals surface area (Å²) >= 11 is 11.9. The van der Waals surface area contributed by atoms with Gasteiger partial charge in [-0.1, -0.05) is 17.7 Å². The van der Waals surface area contributed by atoms with Gasteiger partial charge in [0.2, 0.25) is 0 Å². The molecular formula is C26H24ClN5OS.